The number of hydrogen-bond acceptors (Lipinski definition) is 4. The first-order chi connectivity index (χ1) is 10.0. The molecule has 1 saturated heterocycles. The molecule has 1 atom stereocenters. The minimum atomic E-state index is -3.35. The van der Waals surface area contributed by atoms with E-state index in [9.17, 15) is 8.42 Å². The van der Waals surface area contributed by atoms with Crippen LogP contribution in [0.4, 0.5) is 0 Å². The molecule has 0 aliphatic carbocycles. The fourth-order valence-electron chi connectivity index (χ4n) is 2.90. The third-order valence-electron chi connectivity index (χ3n) is 4.18. The summed E-state index contributed by atoms with van der Waals surface area (Å²) in [7, 11) is -3.35. The van der Waals surface area contributed by atoms with Crippen LogP contribution >= 0.6 is 11.3 Å². The summed E-state index contributed by atoms with van der Waals surface area (Å²) in [4.78, 5) is 1.48. The highest BCUT2D eigenvalue weighted by molar-refractivity contribution is 7.89. The Morgan fingerprint density at radius 2 is 2.19 bits per heavy atom. The van der Waals surface area contributed by atoms with E-state index in [0.29, 0.717) is 30.4 Å². The molecule has 1 N–H and O–H groups in total. The molecule has 1 aliphatic rings. The molecule has 1 fully saturated rings. The van der Waals surface area contributed by atoms with Gasteiger partial charge in [0.05, 0.1) is 0 Å². The van der Waals surface area contributed by atoms with Crippen molar-refractivity contribution in [1.82, 2.24) is 9.62 Å². The van der Waals surface area contributed by atoms with Crippen molar-refractivity contribution in [2.45, 2.75) is 51.5 Å². The maximum atomic E-state index is 13.0. The number of hydrogen-bond donors (Lipinski definition) is 1. The van der Waals surface area contributed by atoms with Crippen LogP contribution in [-0.4, -0.2) is 32.4 Å². The van der Waals surface area contributed by atoms with Gasteiger partial charge in [-0.3, -0.25) is 0 Å². The van der Waals surface area contributed by atoms with E-state index in [0.717, 1.165) is 36.2 Å². The fraction of sp³-hybridized carbons (Fsp3) is 0.733. The summed E-state index contributed by atoms with van der Waals surface area (Å²) in [5.41, 5.74) is 0.881. The Morgan fingerprint density at radius 3 is 2.86 bits per heavy atom. The molecular formula is C15H26N2O2S2. The highest BCUT2D eigenvalue weighted by Gasteiger charge is 2.32. The van der Waals surface area contributed by atoms with E-state index in [4.69, 9.17) is 0 Å². The Bertz CT molecular complexity index is 566. The zero-order valence-electron chi connectivity index (χ0n) is 13.2. The normalized spacial score (nSPS) is 20.8. The molecule has 2 rings (SSSR count). The lowest BCUT2D eigenvalue weighted by Crippen LogP contribution is -2.40. The lowest BCUT2D eigenvalue weighted by molar-refractivity contribution is 0.261. The van der Waals surface area contributed by atoms with Crippen LogP contribution in [0.1, 0.15) is 43.6 Å². The maximum Gasteiger partial charge on any atom is 0.244 e. The third-order valence-corrected chi connectivity index (χ3v) is 7.51. The van der Waals surface area contributed by atoms with E-state index in [-0.39, 0.29) is 0 Å². The minimum absolute atomic E-state index is 0.504. The van der Waals surface area contributed by atoms with Crippen LogP contribution in [0.2, 0.25) is 0 Å². The smallest absolute Gasteiger partial charge is 0.244 e. The van der Waals surface area contributed by atoms with Crippen LogP contribution in [0.5, 0.6) is 0 Å². The van der Waals surface area contributed by atoms with Crippen LogP contribution < -0.4 is 5.32 Å². The van der Waals surface area contributed by atoms with Gasteiger partial charge in [-0.25, -0.2) is 8.42 Å². The largest absolute Gasteiger partial charge is 0.312 e. The van der Waals surface area contributed by atoms with E-state index < -0.39 is 10.0 Å². The first-order valence-corrected chi connectivity index (χ1v) is 10.1. The molecule has 4 nitrogen and oxygen atoms in total. The molecule has 0 saturated carbocycles. The van der Waals surface area contributed by atoms with Gasteiger partial charge in [0.25, 0.3) is 0 Å². The molecule has 2 heterocycles. The number of nitrogens with zero attached hydrogens (tertiary/aromatic N) is 1. The molecule has 1 aliphatic heterocycles. The lowest BCUT2D eigenvalue weighted by atomic mass is 9.97. The van der Waals surface area contributed by atoms with Gasteiger partial charge in [0.2, 0.25) is 10.0 Å². The predicted molar refractivity (Wildman–Crippen MR) is 88.2 cm³/mol. The van der Waals surface area contributed by atoms with Crippen LogP contribution in [0.3, 0.4) is 0 Å². The fourth-order valence-corrected chi connectivity index (χ4v) is 6.19. The standard InChI is InChI=1S/C15H26N2O2S2/c1-4-13-7-6-8-17(10-13)21(18,19)15-12(3)11-20-14(15)9-16-5-2/h11,13,16H,4-10H2,1-3H3. The number of thiophene rings is 1. The SMILES string of the molecule is CCNCc1scc(C)c1S(=O)(=O)N1CCCC(CC)C1. The van der Waals surface area contributed by atoms with Crippen LogP contribution in [0.15, 0.2) is 10.3 Å². The van der Waals surface area contributed by atoms with Crippen LogP contribution in [0, 0.1) is 12.8 Å². The Balaban J connectivity index is 2.28. The molecule has 0 spiro atoms. The van der Waals surface area contributed by atoms with E-state index >= 15 is 0 Å². The minimum Gasteiger partial charge on any atom is -0.312 e. The zero-order chi connectivity index (χ0) is 15.5. The summed E-state index contributed by atoms with van der Waals surface area (Å²) in [6.45, 7) is 8.90. The Morgan fingerprint density at radius 1 is 1.43 bits per heavy atom. The van der Waals surface area contributed by atoms with Crippen molar-refractivity contribution in [1.29, 1.82) is 0 Å². The molecule has 21 heavy (non-hydrogen) atoms. The van der Waals surface area contributed by atoms with E-state index in [1.807, 2.05) is 19.2 Å². The highest BCUT2D eigenvalue weighted by Crippen LogP contribution is 2.32. The van der Waals surface area contributed by atoms with Gasteiger partial charge in [-0.05, 0) is 43.2 Å². The predicted octanol–water partition coefficient (Wildman–Crippen LogP) is 2.98. The summed E-state index contributed by atoms with van der Waals surface area (Å²) in [6.07, 6.45) is 3.18. The lowest BCUT2D eigenvalue weighted by Gasteiger charge is -2.31. The molecular weight excluding hydrogens is 304 g/mol. The third kappa shape index (κ3) is 3.67. The average molecular weight is 331 g/mol. The second-order valence-corrected chi connectivity index (χ2v) is 8.57. The van der Waals surface area contributed by atoms with Gasteiger partial charge in [0, 0.05) is 24.5 Å². The second-order valence-electron chi connectivity index (χ2n) is 5.73. The first-order valence-electron chi connectivity index (χ1n) is 7.78. The van der Waals surface area contributed by atoms with Gasteiger partial charge in [0.15, 0.2) is 0 Å². The van der Waals surface area contributed by atoms with Gasteiger partial charge < -0.3 is 5.32 Å². The van der Waals surface area contributed by atoms with Gasteiger partial charge in [-0.15, -0.1) is 11.3 Å². The monoisotopic (exact) mass is 330 g/mol. The van der Waals surface area contributed by atoms with E-state index in [1.54, 1.807) is 15.6 Å². The Kier molecular flexibility index (Phi) is 5.82. The van der Waals surface area contributed by atoms with Crippen molar-refractivity contribution >= 4 is 21.4 Å². The molecule has 1 aromatic rings. The van der Waals surface area contributed by atoms with Crippen molar-refractivity contribution in [3.05, 3.63) is 15.8 Å². The summed E-state index contributed by atoms with van der Waals surface area (Å²) < 4.78 is 27.7. The molecule has 1 aromatic heterocycles. The van der Waals surface area contributed by atoms with Crippen LogP contribution in [-0.2, 0) is 16.6 Å². The van der Waals surface area contributed by atoms with Gasteiger partial charge in [0.1, 0.15) is 4.90 Å². The molecule has 0 radical (unpaired) electrons. The second kappa shape index (κ2) is 7.22. The van der Waals surface area contributed by atoms with E-state index in [1.165, 1.54) is 0 Å². The van der Waals surface area contributed by atoms with Crippen molar-refractivity contribution in [2.75, 3.05) is 19.6 Å². The summed E-state index contributed by atoms with van der Waals surface area (Å²) in [5.74, 6) is 0.504. The summed E-state index contributed by atoms with van der Waals surface area (Å²) >= 11 is 1.55. The van der Waals surface area contributed by atoms with Crippen LogP contribution in [0.25, 0.3) is 0 Å². The summed E-state index contributed by atoms with van der Waals surface area (Å²) in [6, 6.07) is 0. The van der Waals surface area contributed by atoms with Gasteiger partial charge in [-0.1, -0.05) is 20.3 Å². The molecule has 0 aromatic carbocycles. The molecule has 120 valence electrons. The number of aryl methyl sites for hydroxylation is 1. The number of piperidine rings is 1. The number of rotatable bonds is 6. The highest BCUT2D eigenvalue weighted by atomic mass is 32.2. The quantitative estimate of drug-likeness (QED) is 0.872. The number of nitrogens with one attached hydrogen (secondary N) is 1. The first kappa shape index (κ1) is 16.9. The Labute approximate surface area is 132 Å². The summed E-state index contributed by atoms with van der Waals surface area (Å²) in [5, 5.41) is 5.20. The van der Waals surface area contributed by atoms with Gasteiger partial charge in [-0.2, -0.15) is 4.31 Å². The Hall–Kier alpha value is -0.430. The number of sulfonamides is 1. The van der Waals surface area contributed by atoms with Crippen molar-refractivity contribution in [3.8, 4) is 0 Å². The zero-order valence-corrected chi connectivity index (χ0v) is 14.8. The van der Waals surface area contributed by atoms with Crippen molar-refractivity contribution in [3.63, 3.8) is 0 Å². The topological polar surface area (TPSA) is 49.4 Å². The molecule has 0 amide bonds. The molecule has 1 unspecified atom stereocenters. The molecule has 6 heteroatoms. The van der Waals surface area contributed by atoms with E-state index in [2.05, 4.69) is 12.2 Å². The van der Waals surface area contributed by atoms with Crippen molar-refractivity contribution in [2.24, 2.45) is 5.92 Å². The van der Waals surface area contributed by atoms with Crippen molar-refractivity contribution < 1.29 is 8.42 Å². The average Bonchev–Trinajstić information content (AvgIpc) is 2.86. The maximum absolute atomic E-state index is 13.0. The van der Waals surface area contributed by atoms with Gasteiger partial charge >= 0.3 is 0 Å². The molecule has 0 bridgehead atoms.